The van der Waals surface area contributed by atoms with Gasteiger partial charge in [0.2, 0.25) is 0 Å². The lowest BCUT2D eigenvalue weighted by Crippen LogP contribution is -2.49. The number of aliphatic hydroxyl groups is 1. The maximum Gasteiger partial charge on any atom is 0.124 e. The van der Waals surface area contributed by atoms with Gasteiger partial charge in [-0.15, -0.1) is 0 Å². The molecule has 0 aromatic heterocycles. The summed E-state index contributed by atoms with van der Waals surface area (Å²) in [5.41, 5.74) is 0.741. The van der Waals surface area contributed by atoms with Gasteiger partial charge in [-0.2, -0.15) is 0 Å². The zero-order chi connectivity index (χ0) is 14.8. The Hall–Kier alpha value is -0.490. The van der Waals surface area contributed by atoms with E-state index in [2.05, 4.69) is 40.0 Å². The minimum absolute atomic E-state index is 0.0598. The zero-order valence-electron chi connectivity index (χ0n) is 12.0. The Morgan fingerprint density at radius 1 is 1.40 bits per heavy atom. The number of nitrogens with zero attached hydrogens (tertiary/aromatic N) is 1. The average Bonchev–Trinajstić information content (AvgIpc) is 2.43. The molecule has 0 radical (unpaired) electrons. The van der Waals surface area contributed by atoms with Crippen LogP contribution < -0.4 is 5.32 Å². The molecule has 112 valence electrons. The van der Waals surface area contributed by atoms with Crippen LogP contribution in [0.15, 0.2) is 22.7 Å². The topological polar surface area (TPSA) is 35.5 Å². The molecule has 2 N–H and O–H groups in total. The van der Waals surface area contributed by atoms with E-state index < -0.39 is 0 Å². The van der Waals surface area contributed by atoms with Gasteiger partial charge in [0.15, 0.2) is 0 Å². The molecule has 0 amide bonds. The van der Waals surface area contributed by atoms with E-state index in [1.807, 2.05) is 6.07 Å². The molecule has 20 heavy (non-hydrogen) atoms. The first-order chi connectivity index (χ1) is 9.45. The molecular formula is C15H22BrFN2O. The molecule has 0 spiro atoms. The van der Waals surface area contributed by atoms with Gasteiger partial charge in [-0.1, -0.05) is 35.8 Å². The Morgan fingerprint density at radius 2 is 2.05 bits per heavy atom. The maximum atomic E-state index is 13.3. The van der Waals surface area contributed by atoms with Gasteiger partial charge in [0.1, 0.15) is 5.82 Å². The second-order valence-corrected chi connectivity index (χ2v) is 6.86. The van der Waals surface area contributed by atoms with Crippen molar-refractivity contribution >= 4 is 15.9 Å². The summed E-state index contributed by atoms with van der Waals surface area (Å²) in [5, 5.41) is 13.1. The first-order valence-electron chi connectivity index (χ1n) is 6.96. The number of halogens is 2. The Kier molecular flexibility index (Phi) is 5.18. The number of hydrogen-bond acceptors (Lipinski definition) is 3. The van der Waals surface area contributed by atoms with Crippen LogP contribution in [0.2, 0.25) is 0 Å². The largest absolute Gasteiger partial charge is 0.396 e. The van der Waals surface area contributed by atoms with E-state index in [1.54, 1.807) is 0 Å². The van der Waals surface area contributed by atoms with E-state index in [0.29, 0.717) is 0 Å². The van der Waals surface area contributed by atoms with Crippen molar-refractivity contribution in [3.8, 4) is 0 Å². The van der Waals surface area contributed by atoms with Crippen LogP contribution in [0.25, 0.3) is 0 Å². The van der Waals surface area contributed by atoms with E-state index in [9.17, 15) is 9.50 Å². The summed E-state index contributed by atoms with van der Waals surface area (Å²) in [6.45, 7) is 7.93. The van der Waals surface area contributed by atoms with Crippen molar-refractivity contribution in [2.24, 2.45) is 5.41 Å². The predicted octanol–water partition coefficient (Wildman–Crippen LogP) is 2.55. The molecule has 2 rings (SSSR count). The van der Waals surface area contributed by atoms with Crippen molar-refractivity contribution in [1.29, 1.82) is 0 Å². The predicted molar refractivity (Wildman–Crippen MR) is 82.2 cm³/mol. The fourth-order valence-electron chi connectivity index (χ4n) is 2.86. The van der Waals surface area contributed by atoms with Gasteiger partial charge in [0.05, 0.1) is 0 Å². The molecular weight excluding hydrogens is 323 g/mol. The van der Waals surface area contributed by atoms with Crippen molar-refractivity contribution in [3.05, 3.63) is 34.1 Å². The molecule has 1 aromatic rings. The molecule has 0 aliphatic carbocycles. The van der Waals surface area contributed by atoms with Crippen LogP contribution in [-0.4, -0.2) is 42.8 Å². The van der Waals surface area contributed by atoms with Crippen molar-refractivity contribution < 1.29 is 9.50 Å². The lowest BCUT2D eigenvalue weighted by Gasteiger charge is -2.43. The molecule has 1 aliphatic rings. The highest BCUT2D eigenvalue weighted by atomic mass is 79.9. The highest BCUT2D eigenvalue weighted by molar-refractivity contribution is 9.10. The molecule has 1 saturated heterocycles. The second-order valence-electron chi connectivity index (χ2n) is 6.00. The van der Waals surface area contributed by atoms with Crippen molar-refractivity contribution in [2.75, 3.05) is 32.8 Å². The summed E-state index contributed by atoms with van der Waals surface area (Å²) in [7, 11) is 0. The lowest BCUT2D eigenvalue weighted by molar-refractivity contribution is 0.0301. The molecule has 0 bridgehead atoms. The normalized spacial score (nSPS) is 19.1. The van der Waals surface area contributed by atoms with Gasteiger partial charge in [0.25, 0.3) is 0 Å². The molecule has 5 heteroatoms. The number of benzene rings is 1. The third-order valence-electron chi connectivity index (χ3n) is 3.92. The first kappa shape index (κ1) is 15.9. The number of piperazine rings is 1. The number of nitrogens with one attached hydrogen (secondary N) is 1. The fourth-order valence-corrected chi connectivity index (χ4v) is 3.43. The molecule has 1 heterocycles. The first-order valence-corrected chi connectivity index (χ1v) is 7.75. The Balaban J connectivity index is 2.39. The summed E-state index contributed by atoms with van der Waals surface area (Å²) in [6.07, 6.45) is 0. The van der Waals surface area contributed by atoms with Gasteiger partial charge >= 0.3 is 0 Å². The molecule has 1 fully saturated rings. The molecule has 3 nitrogen and oxygen atoms in total. The quantitative estimate of drug-likeness (QED) is 0.881. The monoisotopic (exact) mass is 344 g/mol. The van der Waals surface area contributed by atoms with Crippen molar-refractivity contribution in [1.82, 2.24) is 10.2 Å². The molecule has 1 aliphatic heterocycles. The van der Waals surface area contributed by atoms with E-state index in [-0.39, 0.29) is 23.9 Å². The minimum Gasteiger partial charge on any atom is -0.396 e. The van der Waals surface area contributed by atoms with E-state index in [4.69, 9.17) is 0 Å². The zero-order valence-corrected chi connectivity index (χ0v) is 13.6. The van der Waals surface area contributed by atoms with Crippen LogP contribution in [0.1, 0.15) is 25.5 Å². The SMILES string of the molecule is CC(C)(CO)[C@H](c1ccc(F)cc1Br)N1CCNCC1. The van der Waals surface area contributed by atoms with Gasteiger partial charge in [-0.3, -0.25) is 4.90 Å². The standard InChI is InChI=1S/C15H22BrFN2O/c1-15(2,10-20)14(19-7-5-18-6-8-19)12-4-3-11(17)9-13(12)16/h3-4,9,14,18,20H,5-8,10H2,1-2H3/t14-/m0/s1. The summed E-state index contributed by atoms with van der Waals surface area (Å²) >= 11 is 3.47. The van der Waals surface area contributed by atoms with E-state index in [0.717, 1.165) is 36.2 Å². The van der Waals surface area contributed by atoms with Gasteiger partial charge in [-0.05, 0) is 17.7 Å². The maximum absolute atomic E-state index is 13.3. The molecule has 1 aromatic carbocycles. The summed E-state index contributed by atoms with van der Waals surface area (Å²) < 4.78 is 14.1. The lowest BCUT2D eigenvalue weighted by atomic mass is 9.79. The van der Waals surface area contributed by atoms with Crippen molar-refractivity contribution in [3.63, 3.8) is 0 Å². The number of hydrogen-bond donors (Lipinski definition) is 2. The highest BCUT2D eigenvalue weighted by Gasteiger charge is 2.36. The molecule has 0 unspecified atom stereocenters. The number of aliphatic hydroxyl groups excluding tert-OH is 1. The summed E-state index contributed by atoms with van der Waals surface area (Å²) in [4.78, 5) is 2.37. The second kappa shape index (κ2) is 6.52. The van der Waals surface area contributed by atoms with Gasteiger partial charge in [0, 0.05) is 48.7 Å². The summed E-state index contributed by atoms with van der Waals surface area (Å²) in [5.74, 6) is -0.249. The Bertz CT molecular complexity index is 461. The highest BCUT2D eigenvalue weighted by Crippen LogP contribution is 2.41. The van der Waals surface area contributed by atoms with Crippen molar-refractivity contribution in [2.45, 2.75) is 19.9 Å². The Morgan fingerprint density at radius 3 is 2.60 bits per heavy atom. The molecule has 0 saturated carbocycles. The van der Waals surface area contributed by atoms with E-state index >= 15 is 0 Å². The van der Waals surface area contributed by atoms with Crippen LogP contribution in [0.5, 0.6) is 0 Å². The Labute approximate surface area is 128 Å². The van der Waals surface area contributed by atoms with Crippen LogP contribution in [-0.2, 0) is 0 Å². The van der Waals surface area contributed by atoms with Crippen LogP contribution in [0.3, 0.4) is 0 Å². The van der Waals surface area contributed by atoms with Crippen LogP contribution >= 0.6 is 15.9 Å². The third kappa shape index (κ3) is 3.39. The fraction of sp³-hybridized carbons (Fsp3) is 0.600. The average molecular weight is 345 g/mol. The van der Waals surface area contributed by atoms with E-state index in [1.165, 1.54) is 12.1 Å². The molecule has 1 atom stereocenters. The van der Waals surface area contributed by atoms with Gasteiger partial charge < -0.3 is 10.4 Å². The smallest absolute Gasteiger partial charge is 0.124 e. The summed E-state index contributed by atoms with van der Waals surface area (Å²) in [6, 6.07) is 4.87. The van der Waals surface area contributed by atoms with Crippen LogP contribution in [0.4, 0.5) is 4.39 Å². The van der Waals surface area contributed by atoms with Crippen LogP contribution in [0, 0.1) is 11.2 Å². The number of rotatable bonds is 4. The van der Waals surface area contributed by atoms with Gasteiger partial charge in [-0.25, -0.2) is 4.39 Å². The minimum atomic E-state index is -0.294. The third-order valence-corrected chi connectivity index (χ3v) is 4.61.